The molecule has 1 fully saturated rings. The van der Waals surface area contributed by atoms with Crippen molar-refractivity contribution < 1.29 is 4.79 Å². The molecule has 1 saturated heterocycles. The van der Waals surface area contributed by atoms with Gasteiger partial charge in [-0.25, -0.2) is 0 Å². The first-order valence-corrected chi connectivity index (χ1v) is 3.71. The van der Waals surface area contributed by atoms with Crippen molar-refractivity contribution in [1.82, 2.24) is 4.90 Å². The highest BCUT2D eigenvalue weighted by atomic mass is 32.1. The van der Waals surface area contributed by atoms with E-state index in [0.717, 1.165) is 13.0 Å². The molecule has 52 valence electrons. The third kappa shape index (κ3) is 1.39. The summed E-state index contributed by atoms with van der Waals surface area (Å²) >= 11 is 4.16. The van der Waals surface area contributed by atoms with E-state index >= 15 is 0 Å². The SMILES string of the molecule is CC(S)N1CCCC1=O. The number of thiol groups is 1. The van der Waals surface area contributed by atoms with Crippen LogP contribution in [0, 0.1) is 0 Å². The highest BCUT2D eigenvalue weighted by Crippen LogP contribution is 2.14. The number of hydrogen-bond acceptors (Lipinski definition) is 2. The number of nitrogens with zero attached hydrogens (tertiary/aromatic N) is 1. The largest absolute Gasteiger partial charge is 0.331 e. The molecule has 1 aliphatic rings. The zero-order chi connectivity index (χ0) is 6.85. The molecule has 0 aromatic heterocycles. The number of hydrogen-bond donors (Lipinski definition) is 1. The summed E-state index contributed by atoms with van der Waals surface area (Å²) in [5, 5.41) is 0.0972. The molecule has 1 aliphatic heterocycles. The van der Waals surface area contributed by atoms with Gasteiger partial charge in [-0.15, -0.1) is 0 Å². The van der Waals surface area contributed by atoms with Crippen molar-refractivity contribution in [1.29, 1.82) is 0 Å². The summed E-state index contributed by atoms with van der Waals surface area (Å²) in [6.07, 6.45) is 1.72. The molecule has 2 nitrogen and oxygen atoms in total. The molecule has 0 saturated carbocycles. The third-order valence-electron chi connectivity index (χ3n) is 1.56. The van der Waals surface area contributed by atoms with E-state index in [4.69, 9.17) is 0 Å². The molecule has 0 N–H and O–H groups in total. The fraction of sp³-hybridized carbons (Fsp3) is 0.833. The summed E-state index contributed by atoms with van der Waals surface area (Å²) in [6, 6.07) is 0. The Morgan fingerprint density at radius 1 is 1.78 bits per heavy atom. The third-order valence-corrected chi connectivity index (χ3v) is 1.84. The molecule has 1 heterocycles. The molecule has 0 aliphatic carbocycles. The molecule has 1 amide bonds. The van der Waals surface area contributed by atoms with E-state index in [2.05, 4.69) is 12.6 Å². The maximum Gasteiger partial charge on any atom is 0.223 e. The van der Waals surface area contributed by atoms with Crippen molar-refractivity contribution in [2.24, 2.45) is 0 Å². The van der Waals surface area contributed by atoms with Crippen LogP contribution in [0.1, 0.15) is 19.8 Å². The van der Waals surface area contributed by atoms with Gasteiger partial charge in [-0.05, 0) is 13.3 Å². The van der Waals surface area contributed by atoms with Gasteiger partial charge in [0.05, 0.1) is 5.37 Å². The normalized spacial score (nSPS) is 22.9. The minimum atomic E-state index is 0.0972. The molecule has 1 rings (SSSR count). The lowest BCUT2D eigenvalue weighted by molar-refractivity contribution is -0.127. The van der Waals surface area contributed by atoms with E-state index in [-0.39, 0.29) is 11.3 Å². The van der Waals surface area contributed by atoms with Crippen LogP contribution in [0.2, 0.25) is 0 Å². The van der Waals surface area contributed by atoms with Crippen LogP contribution in [0.4, 0.5) is 0 Å². The smallest absolute Gasteiger partial charge is 0.223 e. The molecular weight excluding hydrogens is 134 g/mol. The first-order valence-electron chi connectivity index (χ1n) is 3.19. The highest BCUT2D eigenvalue weighted by Gasteiger charge is 2.22. The minimum Gasteiger partial charge on any atom is -0.331 e. The number of amides is 1. The maximum atomic E-state index is 10.9. The highest BCUT2D eigenvalue weighted by molar-refractivity contribution is 7.80. The fourth-order valence-electron chi connectivity index (χ4n) is 1.06. The predicted molar refractivity (Wildman–Crippen MR) is 39.4 cm³/mol. The van der Waals surface area contributed by atoms with Crippen molar-refractivity contribution in [3.8, 4) is 0 Å². The molecule has 1 unspecified atom stereocenters. The lowest BCUT2D eigenvalue weighted by atomic mass is 10.4. The maximum absolute atomic E-state index is 10.9. The molecular formula is C6H11NOS. The van der Waals surface area contributed by atoms with E-state index < -0.39 is 0 Å². The molecule has 1 atom stereocenters. The van der Waals surface area contributed by atoms with Crippen LogP contribution in [-0.4, -0.2) is 22.7 Å². The van der Waals surface area contributed by atoms with Crippen LogP contribution in [0.5, 0.6) is 0 Å². The summed E-state index contributed by atoms with van der Waals surface area (Å²) in [6.45, 7) is 2.82. The number of rotatable bonds is 1. The zero-order valence-corrected chi connectivity index (χ0v) is 6.40. The van der Waals surface area contributed by atoms with Crippen LogP contribution >= 0.6 is 12.6 Å². The van der Waals surface area contributed by atoms with Crippen LogP contribution in [0.3, 0.4) is 0 Å². The van der Waals surface area contributed by atoms with Crippen molar-refractivity contribution in [3.05, 3.63) is 0 Å². The van der Waals surface area contributed by atoms with E-state index in [1.807, 2.05) is 6.92 Å². The standard InChI is InChI=1S/C6H11NOS/c1-5(9)7-4-2-3-6(7)8/h5,9H,2-4H2,1H3. The summed E-state index contributed by atoms with van der Waals surface area (Å²) in [7, 11) is 0. The Kier molecular flexibility index (Phi) is 2.01. The van der Waals surface area contributed by atoms with Gasteiger partial charge in [0.2, 0.25) is 5.91 Å². The molecule has 0 radical (unpaired) electrons. The minimum absolute atomic E-state index is 0.0972. The topological polar surface area (TPSA) is 20.3 Å². The number of carbonyl (C=O) groups is 1. The first kappa shape index (κ1) is 6.93. The second kappa shape index (κ2) is 2.60. The van der Waals surface area contributed by atoms with Gasteiger partial charge in [-0.1, -0.05) is 0 Å². The van der Waals surface area contributed by atoms with E-state index in [9.17, 15) is 4.79 Å². The average molecular weight is 145 g/mol. The molecule has 9 heavy (non-hydrogen) atoms. The Labute approximate surface area is 60.6 Å². The molecule has 0 aromatic carbocycles. The van der Waals surface area contributed by atoms with Gasteiger partial charge in [0, 0.05) is 13.0 Å². The molecule has 0 bridgehead atoms. The quantitative estimate of drug-likeness (QED) is 0.543. The monoisotopic (exact) mass is 145 g/mol. The van der Waals surface area contributed by atoms with E-state index in [1.54, 1.807) is 4.90 Å². The Bertz CT molecular complexity index is 124. The van der Waals surface area contributed by atoms with E-state index in [0.29, 0.717) is 6.42 Å². The van der Waals surface area contributed by atoms with E-state index in [1.165, 1.54) is 0 Å². The van der Waals surface area contributed by atoms with Gasteiger partial charge in [0.1, 0.15) is 0 Å². The van der Waals surface area contributed by atoms with Gasteiger partial charge in [-0.3, -0.25) is 4.79 Å². The fourth-order valence-corrected chi connectivity index (χ4v) is 1.31. The van der Waals surface area contributed by atoms with Gasteiger partial charge in [0.25, 0.3) is 0 Å². The average Bonchev–Trinajstić information content (AvgIpc) is 2.13. The lowest BCUT2D eigenvalue weighted by Gasteiger charge is -2.18. The van der Waals surface area contributed by atoms with Gasteiger partial charge < -0.3 is 4.90 Å². The summed E-state index contributed by atoms with van der Waals surface area (Å²) < 4.78 is 0. The summed E-state index contributed by atoms with van der Waals surface area (Å²) in [5.74, 6) is 0.248. The Hall–Kier alpha value is -0.180. The molecule has 0 aromatic rings. The van der Waals surface area contributed by atoms with Crippen LogP contribution in [0.15, 0.2) is 0 Å². The second-order valence-corrected chi connectivity index (χ2v) is 3.07. The number of carbonyl (C=O) groups excluding carboxylic acids is 1. The lowest BCUT2D eigenvalue weighted by Crippen LogP contribution is -2.29. The Morgan fingerprint density at radius 3 is 2.67 bits per heavy atom. The Morgan fingerprint density at radius 2 is 2.44 bits per heavy atom. The molecule has 3 heteroatoms. The van der Waals surface area contributed by atoms with Gasteiger partial charge in [0.15, 0.2) is 0 Å². The first-order chi connectivity index (χ1) is 4.22. The number of likely N-dealkylation sites (tertiary alicyclic amines) is 1. The van der Waals surface area contributed by atoms with Gasteiger partial charge >= 0.3 is 0 Å². The predicted octanol–water partition coefficient (Wildman–Crippen LogP) is 0.885. The zero-order valence-electron chi connectivity index (χ0n) is 5.50. The van der Waals surface area contributed by atoms with Crippen LogP contribution in [0.25, 0.3) is 0 Å². The summed E-state index contributed by atoms with van der Waals surface area (Å²) in [5.41, 5.74) is 0. The van der Waals surface area contributed by atoms with Crippen LogP contribution < -0.4 is 0 Å². The van der Waals surface area contributed by atoms with Crippen molar-refractivity contribution in [2.75, 3.05) is 6.54 Å². The second-order valence-electron chi connectivity index (χ2n) is 2.32. The van der Waals surface area contributed by atoms with Crippen LogP contribution in [-0.2, 0) is 4.79 Å². The Balaban J connectivity index is 2.49. The molecule has 0 spiro atoms. The van der Waals surface area contributed by atoms with Crippen molar-refractivity contribution >= 4 is 18.5 Å². The van der Waals surface area contributed by atoms with Crippen molar-refractivity contribution in [3.63, 3.8) is 0 Å². The van der Waals surface area contributed by atoms with Gasteiger partial charge in [-0.2, -0.15) is 12.6 Å². The van der Waals surface area contributed by atoms with Crippen molar-refractivity contribution in [2.45, 2.75) is 25.1 Å². The summed E-state index contributed by atoms with van der Waals surface area (Å²) in [4.78, 5) is 12.7.